The van der Waals surface area contributed by atoms with Crippen LogP contribution in [-0.4, -0.2) is 7.11 Å². The fourth-order valence-electron chi connectivity index (χ4n) is 3.07. The lowest BCUT2D eigenvalue weighted by molar-refractivity contribution is 0.414. The van der Waals surface area contributed by atoms with E-state index in [9.17, 15) is 5.26 Å². The molecule has 0 saturated heterocycles. The van der Waals surface area contributed by atoms with E-state index in [1.807, 2.05) is 72.8 Å². The lowest BCUT2D eigenvalue weighted by Crippen LogP contribution is -2.12. The molecule has 0 aromatic heterocycles. The van der Waals surface area contributed by atoms with Crippen molar-refractivity contribution in [3.63, 3.8) is 0 Å². The number of rotatable bonds is 5. The quantitative estimate of drug-likeness (QED) is 0.509. The summed E-state index contributed by atoms with van der Waals surface area (Å²) in [6, 6.07) is 25.4. The van der Waals surface area contributed by atoms with Crippen LogP contribution in [0, 0.1) is 11.3 Å². The van der Waals surface area contributed by atoms with Crippen LogP contribution in [0.2, 0.25) is 10.0 Å². The Labute approximate surface area is 163 Å². The fraction of sp³-hybridized carbons (Fsp3) is 0.136. The highest BCUT2D eigenvalue weighted by molar-refractivity contribution is 6.30. The molecular weight excluding hydrogens is 365 g/mol. The Balaban J connectivity index is 2.10. The Morgan fingerprint density at radius 2 is 1.15 bits per heavy atom. The summed E-state index contributed by atoms with van der Waals surface area (Å²) in [7, 11) is 1.64. The highest BCUT2D eigenvalue weighted by Crippen LogP contribution is 2.39. The summed E-state index contributed by atoms with van der Waals surface area (Å²) < 4.78 is 5.26. The zero-order chi connectivity index (χ0) is 18.5. The second-order valence-electron chi connectivity index (χ2n) is 5.96. The lowest BCUT2D eigenvalue weighted by atomic mass is 9.78. The van der Waals surface area contributed by atoms with Gasteiger partial charge in [-0.1, -0.05) is 59.6 Å². The van der Waals surface area contributed by atoms with E-state index in [1.165, 1.54) is 0 Å². The van der Waals surface area contributed by atoms with E-state index < -0.39 is 0 Å². The summed E-state index contributed by atoms with van der Waals surface area (Å²) in [6.45, 7) is 0. The van der Waals surface area contributed by atoms with Crippen molar-refractivity contribution in [1.82, 2.24) is 0 Å². The minimum atomic E-state index is -0.359. The Bertz CT molecular complexity index is 897. The van der Waals surface area contributed by atoms with Gasteiger partial charge in [0.2, 0.25) is 0 Å². The van der Waals surface area contributed by atoms with Gasteiger partial charge < -0.3 is 4.74 Å². The average molecular weight is 382 g/mol. The van der Waals surface area contributed by atoms with Crippen LogP contribution >= 0.6 is 23.2 Å². The van der Waals surface area contributed by atoms with Gasteiger partial charge >= 0.3 is 0 Å². The number of methoxy groups -OCH3 is 1. The maximum absolute atomic E-state index is 9.96. The van der Waals surface area contributed by atoms with Gasteiger partial charge in [-0.15, -0.1) is 0 Å². The Morgan fingerprint density at radius 1 is 0.731 bits per heavy atom. The molecule has 0 radical (unpaired) electrons. The molecule has 0 unspecified atom stereocenters. The van der Waals surface area contributed by atoms with E-state index >= 15 is 0 Å². The van der Waals surface area contributed by atoms with Gasteiger partial charge in [-0.3, -0.25) is 0 Å². The van der Waals surface area contributed by atoms with Gasteiger partial charge in [0.1, 0.15) is 5.75 Å². The van der Waals surface area contributed by atoms with Gasteiger partial charge in [0.25, 0.3) is 0 Å². The summed E-state index contributed by atoms with van der Waals surface area (Å²) >= 11 is 12.1. The summed E-state index contributed by atoms with van der Waals surface area (Å²) in [5.41, 5.74) is 2.99. The van der Waals surface area contributed by atoms with E-state index in [2.05, 4.69) is 6.07 Å². The summed E-state index contributed by atoms with van der Waals surface area (Å²) in [6.07, 6.45) is 0. The first kappa shape index (κ1) is 18.3. The van der Waals surface area contributed by atoms with Crippen molar-refractivity contribution in [1.29, 1.82) is 5.26 Å². The topological polar surface area (TPSA) is 33.0 Å². The van der Waals surface area contributed by atoms with E-state index in [1.54, 1.807) is 7.11 Å². The summed E-state index contributed by atoms with van der Waals surface area (Å²) in [4.78, 5) is 0. The first-order valence-corrected chi connectivity index (χ1v) is 8.92. The largest absolute Gasteiger partial charge is 0.497 e. The molecule has 0 spiro atoms. The number of benzene rings is 3. The SMILES string of the molecule is COc1ccc([C@H](c2ccc(Cl)cc2)[C@H](C#N)c2ccc(Cl)cc2)cc1. The monoisotopic (exact) mass is 381 g/mol. The molecule has 0 fully saturated rings. The van der Waals surface area contributed by atoms with Crippen LogP contribution in [0.15, 0.2) is 72.8 Å². The molecule has 4 heteroatoms. The number of nitriles is 1. The van der Waals surface area contributed by atoms with E-state index in [-0.39, 0.29) is 11.8 Å². The van der Waals surface area contributed by atoms with Crippen LogP contribution in [0.3, 0.4) is 0 Å². The molecular formula is C22H17Cl2NO. The van der Waals surface area contributed by atoms with Crippen LogP contribution in [0.25, 0.3) is 0 Å². The number of hydrogen-bond acceptors (Lipinski definition) is 2. The third-order valence-electron chi connectivity index (χ3n) is 4.41. The molecule has 0 saturated carbocycles. The molecule has 3 rings (SSSR count). The van der Waals surface area contributed by atoms with Gasteiger partial charge in [0, 0.05) is 16.0 Å². The minimum absolute atomic E-state index is 0.135. The fourth-order valence-corrected chi connectivity index (χ4v) is 3.32. The predicted molar refractivity (Wildman–Crippen MR) is 106 cm³/mol. The van der Waals surface area contributed by atoms with E-state index in [0.717, 1.165) is 22.4 Å². The molecule has 0 aliphatic heterocycles. The van der Waals surface area contributed by atoms with Gasteiger partial charge in [0.15, 0.2) is 0 Å². The molecule has 0 amide bonds. The van der Waals surface area contributed by atoms with E-state index in [4.69, 9.17) is 27.9 Å². The molecule has 26 heavy (non-hydrogen) atoms. The molecule has 3 aromatic rings. The van der Waals surface area contributed by atoms with Crippen LogP contribution in [0.5, 0.6) is 5.75 Å². The van der Waals surface area contributed by atoms with Crippen LogP contribution in [0.4, 0.5) is 0 Å². The Morgan fingerprint density at radius 3 is 1.58 bits per heavy atom. The van der Waals surface area contributed by atoms with Crippen molar-refractivity contribution in [3.8, 4) is 11.8 Å². The van der Waals surface area contributed by atoms with Crippen LogP contribution < -0.4 is 4.74 Å². The lowest BCUT2D eigenvalue weighted by Gasteiger charge is -2.24. The normalized spacial score (nSPS) is 12.8. The first-order valence-electron chi connectivity index (χ1n) is 8.17. The van der Waals surface area contributed by atoms with Crippen molar-refractivity contribution in [2.24, 2.45) is 0 Å². The van der Waals surface area contributed by atoms with Crippen molar-refractivity contribution >= 4 is 23.2 Å². The third kappa shape index (κ3) is 4.02. The minimum Gasteiger partial charge on any atom is -0.497 e. The van der Waals surface area contributed by atoms with Gasteiger partial charge in [0.05, 0.1) is 19.1 Å². The van der Waals surface area contributed by atoms with Gasteiger partial charge in [-0.05, 0) is 53.1 Å². The highest BCUT2D eigenvalue weighted by Gasteiger charge is 2.26. The first-order chi connectivity index (χ1) is 12.6. The maximum Gasteiger partial charge on any atom is 0.118 e. The molecule has 0 aliphatic rings. The predicted octanol–water partition coefficient (Wildman–Crippen LogP) is 6.44. The molecule has 0 bridgehead atoms. The maximum atomic E-state index is 9.96. The van der Waals surface area contributed by atoms with Crippen molar-refractivity contribution < 1.29 is 4.74 Å². The Kier molecular flexibility index (Phi) is 5.83. The smallest absolute Gasteiger partial charge is 0.118 e. The molecule has 0 aliphatic carbocycles. The highest BCUT2D eigenvalue weighted by atomic mass is 35.5. The van der Waals surface area contributed by atoms with Crippen molar-refractivity contribution in [2.45, 2.75) is 11.8 Å². The third-order valence-corrected chi connectivity index (χ3v) is 4.91. The summed E-state index contributed by atoms with van der Waals surface area (Å²) in [5.74, 6) is 0.287. The number of halogens is 2. The zero-order valence-electron chi connectivity index (χ0n) is 14.2. The van der Waals surface area contributed by atoms with Crippen LogP contribution in [0.1, 0.15) is 28.5 Å². The Hall–Kier alpha value is -2.47. The molecule has 3 aromatic carbocycles. The second kappa shape index (κ2) is 8.27. The standard InChI is InChI=1S/C22H17Cl2NO/c1-26-20-12-6-17(7-13-20)22(16-4-10-19(24)11-5-16)21(14-25)15-2-8-18(23)9-3-15/h2-13,21-22H,1H3/t21-,22+/m1/s1. The van der Waals surface area contributed by atoms with Crippen molar-refractivity contribution in [2.75, 3.05) is 7.11 Å². The number of hydrogen-bond donors (Lipinski definition) is 0. The zero-order valence-corrected chi connectivity index (χ0v) is 15.7. The molecule has 0 heterocycles. The number of ether oxygens (including phenoxy) is 1. The number of nitrogens with zero attached hydrogens (tertiary/aromatic N) is 1. The van der Waals surface area contributed by atoms with Gasteiger partial charge in [-0.2, -0.15) is 5.26 Å². The molecule has 130 valence electrons. The molecule has 0 N–H and O–H groups in total. The average Bonchev–Trinajstić information content (AvgIpc) is 2.68. The van der Waals surface area contributed by atoms with Crippen LogP contribution in [-0.2, 0) is 0 Å². The van der Waals surface area contributed by atoms with E-state index in [0.29, 0.717) is 10.0 Å². The van der Waals surface area contributed by atoms with Crippen molar-refractivity contribution in [3.05, 3.63) is 99.5 Å². The summed E-state index contributed by atoms with van der Waals surface area (Å²) in [5, 5.41) is 11.3. The molecule has 2 atom stereocenters. The molecule has 2 nitrogen and oxygen atoms in total. The second-order valence-corrected chi connectivity index (χ2v) is 6.83. The van der Waals surface area contributed by atoms with Gasteiger partial charge in [-0.25, -0.2) is 0 Å².